The smallest absolute Gasteiger partial charge is 0.419 e. The number of hydrogen-bond acceptors (Lipinski definition) is 3. The summed E-state index contributed by atoms with van der Waals surface area (Å²) in [7, 11) is 0. The Morgan fingerprint density at radius 2 is 1.95 bits per heavy atom. The third kappa shape index (κ3) is 5.63. The SMILES string of the molecule is C[C@H](Oc1ccccc1C(F)(F)F)C(=O)NCCCC(N)=O. The number of carbonyl (C=O) groups excluding carboxylic acids is 2. The fourth-order valence-electron chi connectivity index (χ4n) is 1.67. The molecular formula is C14H17F3N2O3. The van der Waals surface area contributed by atoms with Crippen LogP contribution in [0, 0.1) is 0 Å². The highest BCUT2D eigenvalue weighted by Crippen LogP contribution is 2.36. The first-order chi connectivity index (χ1) is 10.2. The molecule has 1 aromatic carbocycles. The number of rotatable bonds is 7. The lowest BCUT2D eigenvalue weighted by molar-refractivity contribution is -0.140. The van der Waals surface area contributed by atoms with Crippen LogP contribution in [0.3, 0.4) is 0 Å². The van der Waals surface area contributed by atoms with E-state index in [0.29, 0.717) is 6.42 Å². The number of amides is 2. The standard InChI is InChI=1S/C14H17F3N2O3/c1-9(13(21)19-8-4-7-12(18)20)22-11-6-3-2-5-10(11)14(15,16)17/h2-3,5-6,9H,4,7-8H2,1H3,(H2,18,20)(H,19,21)/t9-/m0/s1. The molecule has 0 saturated carbocycles. The van der Waals surface area contributed by atoms with Crippen molar-refractivity contribution in [3.8, 4) is 5.75 Å². The number of para-hydroxylation sites is 1. The molecule has 1 aromatic rings. The minimum atomic E-state index is -4.56. The van der Waals surface area contributed by atoms with E-state index in [-0.39, 0.29) is 13.0 Å². The molecule has 0 saturated heterocycles. The number of alkyl halides is 3. The van der Waals surface area contributed by atoms with E-state index in [1.54, 1.807) is 0 Å². The number of hydrogen-bond donors (Lipinski definition) is 2. The number of halogens is 3. The molecule has 0 radical (unpaired) electrons. The summed E-state index contributed by atoms with van der Waals surface area (Å²) >= 11 is 0. The molecule has 0 aromatic heterocycles. The molecule has 0 unspecified atom stereocenters. The van der Waals surface area contributed by atoms with Gasteiger partial charge < -0.3 is 15.8 Å². The second kappa shape index (κ2) is 7.67. The average Bonchev–Trinajstić information content (AvgIpc) is 2.42. The highest BCUT2D eigenvalue weighted by molar-refractivity contribution is 5.80. The van der Waals surface area contributed by atoms with Crippen LogP contribution in [0.4, 0.5) is 13.2 Å². The summed E-state index contributed by atoms with van der Waals surface area (Å²) in [5.41, 5.74) is 4.00. The van der Waals surface area contributed by atoms with Crippen molar-refractivity contribution in [1.29, 1.82) is 0 Å². The summed E-state index contributed by atoms with van der Waals surface area (Å²) in [4.78, 5) is 22.2. The maximum absolute atomic E-state index is 12.8. The molecule has 122 valence electrons. The number of primary amides is 1. The molecule has 0 aliphatic heterocycles. The quantitative estimate of drug-likeness (QED) is 0.753. The first-order valence-corrected chi connectivity index (χ1v) is 6.60. The van der Waals surface area contributed by atoms with Crippen LogP contribution in [0.2, 0.25) is 0 Å². The zero-order valence-corrected chi connectivity index (χ0v) is 11.9. The van der Waals surface area contributed by atoms with Gasteiger partial charge >= 0.3 is 6.18 Å². The number of ether oxygens (including phenoxy) is 1. The number of benzene rings is 1. The third-order valence-corrected chi connectivity index (χ3v) is 2.76. The Morgan fingerprint density at radius 1 is 1.32 bits per heavy atom. The number of nitrogens with two attached hydrogens (primary N) is 1. The summed E-state index contributed by atoms with van der Waals surface area (Å²) in [6, 6.07) is 4.67. The molecule has 22 heavy (non-hydrogen) atoms. The molecular weight excluding hydrogens is 301 g/mol. The van der Waals surface area contributed by atoms with Crippen molar-refractivity contribution in [3.05, 3.63) is 29.8 Å². The lowest BCUT2D eigenvalue weighted by atomic mass is 10.2. The summed E-state index contributed by atoms with van der Waals surface area (Å²) in [6.07, 6.45) is -5.19. The monoisotopic (exact) mass is 318 g/mol. The van der Waals surface area contributed by atoms with Gasteiger partial charge in [0.15, 0.2) is 6.10 Å². The Morgan fingerprint density at radius 3 is 2.55 bits per heavy atom. The van der Waals surface area contributed by atoms with E-state index in [1.165, 1.54) is 19.1 Å². The molecule has 1 atom stereocenters. The zero-order chi connectivity index (χ0) is 16.8. The molecule has 1 rings (SSSR count). The first-order valence-electron chi connectivity index (χ1n) is 6.60. The van der Waals surface area contributed by atoms with Gasteiger partial charge in [0.2, 0.25) is 5.91 Å². The van der Waals surface area contributed by atoms with Crippen LogP contribution in [0.5, 0.6) is 5.75 Å². The zero-order valence-electron chi connectivity index (χ0n) is 11.9. The largest absolute Gasteiger partial charge is 0.480 e. The minimum absolute atomic E-state index is 0.117. The normalized spacial score (nSPS) is 12.5. The minimum Gasteiger partial charge on any atom is -0.480 e. The van der Waals surface area contributed by atoms with Gasteiger partial charge in [0, 0.05) is 13.0 Å². The topological polar surface area (TPSA) is 81.4 Å². The van der Waals surface area contributed by atoms with Crippen molar-refractivity contribution < 1.29 is 27.5 Å². The van der Waals surface area contributed by atoms with Crippen LogP contribution in [-0.4, -0.2) is 24.5 Å². The molecule has 2 amide bonds. The molecule has 0 aliphatic rings. The van der Waals surface area contributed by atoms with Crippen molar-refractivity contribution in [2.45, 2.75) is 32.0 Å². The van der Waals surface area contributed by atoms with Gasteiger partial charge in [0.25, 0.3) is 5.91 Å². The van der Waals surface area contributed by atoms with E-state index in [9.17, 15) is 22.8 Å². The lowest BCUT2D eigenvalue weighted by Gasteiger charge is -2.18. The maximum atomic E-state index is 12.8. The second-order valence-electron chi connectivity index (χ2n) is 4.61. The van der Waals surface area contributed by atoms with Crippen LogP contribution < -0.4 is 15.8 Å². The van der Waals surface area contributed by atoms with Gasteiger partial charge in [-0.1, -0.05) is 12.1 Å². The van der Waals surface area contributed by atoms with Gasteiger partial charge in [0.1, 0.15) is 5.75 Å². The summed E-state index contributed by atoms with van der Waals surface area (Å²) in [5, 5.41) is 2.46. The van der Waals surface area contributed by atoms with Crippen LogP contribution >= 0.6 is 0 Å². The summed E-state index contributed by atoms with van der Waals surface area (Å²) in [5.74, 6) is -1.46. The van der Waals surface area contributed by atoms with Crippen LogP contribution in [0.15, 0.2) is 24.3 Å². The van der Waals surface area contributed by atoms with E-state index in [2.05, 4.69) is 5.32 Å². The van der Waals surface area contributed by atoms with Crippen molar-refractivity contribution >= 4 is 11.8 Å². The predicted molar refractivity (Wildman–Crippen MR) is 73.0 cm³/mol. The van der Waals surface area contributed by atoms with Crippen LogP contribution in [0.1, 0.15) is 25.3 Å². The Labute approximate surface area is 125 Å². The highest BCUT2D eigenvalue weighted by Gasteiger charge is 2.34. The Hall–Kier alpha value is -2.25. The van der Waals surface area contributed by atoms with Crippen molar-refractivity contribution in [1.82, 2.24) is 5.32 Å². The highest BCUT2D eigenvalue weighted by atomic mass is 19.4. The molecule has 8 heteroatoms. The molecule has 3 N–H and O–H groups in total. The lowest BCUT2D eigenvalue weighted by Crippen LogP contribution is -2.37. The van der Waals surface area contributed by atoms with Gasteiger partial charge in [-0.15, -0.1) is 0 Å². The molecule has 0 spiro atoms. The molecule has 0 bridgehead atoms. The van der Waals surface area contributed by atoms with Gasteiger partial charge in [-0.3, -0.25) is 9.59 Å². The molecule has 0 aliphatic carbocycles. The fraction of sp³-hybridized carbons (Fsp3) is 0.429. The van der Waals surface area contributed by atoms with E-state index in [0.717, 1.165) is 12.1 Å². The van der Waals surface area contributed by atoms with Gasteiger partial charge in [-0.25, -0.2) is 0 Å². The molecule has 5 nitrogen and oxygen atoms in total. The Balaban J connectivity index is 2.60. The van der Waals surface area contributed by atoms with Crippen LogP contribution in [-0.2, 0) is 15.8 Å². The Bertz CT molecular complexity index is 532. The molecule has 0 heterocycles. The second-order valence-corrected chi connectivity index (χ2v) is 4.61. The van der Waals surface area contributed by atoms with E-state index in [1.807, 2.05) is 0 Å². The maximum Gasteiger partial charge on any atom is 0.419 e. The third-order valence-electron chi connectivity index (χ3n) is 2.76. The van der Waals surface area contributed by atoms with E-state index >= 15 is 0 Å². The van der Waals surface area contributed by atoms with Crippen LogP contribution in [0.25, 0.3) is 0 Å². The van der Waals surface area contributed by atoms with E-state index in [4.69, 9.17) is 10.5 Å². The van der Waals surface area contributed by atoms with Gasteiger partial charge in [-0.2, -0.15) is 13.2 Å². The summed E-state index contributed by atoms with van der Waals surface area (Å²) < 4.78 is 43.5. The van der Waals surface area contributed by atoms with Crippen molar-refractivity contribution in [2.75, 3.05) is 6.54 Å². The number of carbonyl (C=O) groups is 2. The average molecular weight is 318 g/mol. The van der Waals surface area contributed by atoms with E-state index < -0.39 is 35.4 Å². The summed E-state index contributed by atoms with van der Waals surface area (Å²) in [6.45, 7) is 1.53. The molecule has 0 fully saturated rings. The van der Waals surface area contributed by atoms with Crippen molar-refractivity contribution in [3.63, 3.8) is 0 Å². The van der Waals surface area contributed by atoms with Crippen molar-refractivity contribution in [2.24, 2.45) is 5.73 Å². The Kier molecular flexibility index (Phi) is 6.21. The fourth-order valence-corrected chi connectivity index (χ4v) is 1.67. The number of nitrogens with one attached hydrogen (secondary N) is 1. The predicted octanol–water partition coefficient (Wildman–Crippen LogP) is 1.85. The van der Waals surface area contributed by atoms with Gasteiger partial charge in [0.05, 0.1) is 5.56 Å². The first kappa shape index (κ1) is 17.8. The van der Waals surface area contributed by atoms with Gasteiger partial charge in [-0.05, 0) is 25.5 Å².